The molecule has 2 heterocycles. The molecule has 1 atom stereocenters. The van der Waals surface area contributed by atoms with Crippen LogP contribution in [-0.2, 0) is 15.9 Å². The van der Waals surface area contributed by atoms with E-state index in [1.807, 2.05) is 27.7 Å². The maximum atomic E-state index is 12.2. The van der Waals surface area contributed by atoms with E-state index >= 15 is 0 Å². The lowest BCUT2D eigenvalue weighted by atomic mass is 9.95. The first-order chi connectivity index (χ1) is 10.2. The van der Waals surface area contributed by atoms with Gasteiger partial charge in [-0.25, -0.2) is 4.79 Å². The normalized spacial score (nSPS) is 23.0. The zero-order valence-corrected chi connectivity index (χ0v) is 13.2. The highest BCUT2D eigenvalue weighted by Gasteiger charge is 2.47. The Kier molecular flexibility index (Phi) is 3.30. The van der Waals surface area contributed by atoms with Gasteiger partial charge in [-0.3, -0.25) is 0 Å². The third kappa shape index (κ3) is 2.74. The van der Waals surface area contributed by atoms with E-state index in [0.717, 1.165) is 5.39 Å². The fraction of sp³-hybridized carbons (Fsp3) is 0.471. The number of hydrogen-bond acceptors (Lipinski definition) is 5. The molecule has 0 amide bonds. The predicted molar refractivity (Wildman–Crippen MR) is 82.0 cm³/mol. The van der Waals surface area contributed by atoms with Gasteiger partial charge in [0.05, 0.1) is 11.7 Å². The average molecular weight is 304 g/mol. The van der Waals surface area contributed by atoms with Gasteiger partial charge in [0.1, 0.15) is 11.3 Å². The molecular formula is C17H20O5. The number of rotatable bonds is 2. The zero-order valence-electron chi connectivity index (χ0n) is 13.2. The Morgan fingerprint density at radius 2 is 1.91 bits per heavy atom. The van der Waals surface area contributed by atoms with E-state index < -0.39 is 17.0 Å². The van der Waals surface area contributed by atoms with Crippen LogP contribution in [-0.4, -0.2) is 22.6 Å². The van der Waals surface area contributed by atoms with Crippen molar-refractivity contribution in [3.8, 4) is 5.75 Å². The van der Waals surface area contributed by atoms with Gasteiger partial charge < -0.3 is 19.0 Å². The van der Waals surface area contributed by atoms with Gasteiger partial charge >= 0.3 is 5.63 Å². The summed E-state index contributed by atoms with van der Waals surface area (Å²) in [6, 6.07) is 6.50. The van der Waals surface area contributed by atoms with Crippen LogP contribution in [0, 0.1) is 0 Å². The van der Waals surface area contributed by atoms with Crippen molar-refractivity contribution in [1.29, 1.82) is 0 Å². The number of phenolic OH excluding ortho intramolecular Hbond substituents is 1. The second kappa shape index (κ2) is 4.83. The van der Waals surface area contributed by atoms with Gasteiger partial charge in [-0.1, -0.05) is 0 Å². The Morgan fingerprint density at radius 1 is 1.18 bits per heavy atom. The van der Waals surface area contributed by atoms with Crippen LogP contribution < -0.4 is 5.63 Å². The molecule has 1 aliphatic rings. The highest BCUT2D eigenvalue weighted by molar-refractivity contribution is 5.78. The van der Waals surface area contributed by atoms with Crippen molar-refractivity contribution < 1.29 is 19.0 Å². The largest absolute Gasteiger partial charge is 0.508 e. The second-order valence-corrected chi connectivity index (χ2v) is 6.70. The lowest BCUT2D eigenvalue weighted by Crippen LogP contribution is -2.35. The fourth-order valence-corrected chi connectivity index (χ4v) is 2.98. The van der Waals surface area contributed by atoms with Gasteiger partial charge in [0.2, 0.25) is 0 Å². The minimum atomic E-state index is -0.670. The molecule has 0 spiro atoms. The molecule has 1 fully saturated rings. The smallest absolute Gasteiger partial charge is 0.339 e. The molecule has 0 aliphatic carbocycles. The molecule has 22 heavy (non-hydrogen) atoms. The molecule has 0 bridgehead atoms. The summed E-state index contributed by atoms with van der Waals surface area (Å²) in [7, 11) is 0. The van der Waals surface area contributed by atoms with E-state index in [9.17, 15) is 9.90 Å². The summed E-state index contributed by atoms with van der Waals surface area (Å²) in [5.74, 6) is -0.601. The van der Waals surface area contributed by atoms with Gasteiger partial charge in [0.25, 0.3) is 0 Å². The van der Waals surface area contributed by atoms with E-state index in [-0.39, 0.29) is 11.9 Å². The summed E-state index contributed by atoms with van der Waals surface area (Å²) in [5, 5.41) is 10.2. The molecule has 0 saturated carbocycles. The molecule has 2 aromatic rings. The van der Waals surface area contributed by atoms with Crippen LogP contribution in [0.15, 0.2) is 33.5 Å². The molecule has 5 nitrogen and oxygen atoms in total. The lowest BCUT2D eigenvalue weighted by molar-refractivity contribution is -0.157. The van der Waals surface area contributed by atoms with Crippen LogP contribution in [0.5, 0.6) is 5.75 Å². The Hall–Kier alpha value is -1.85. The van der Waals surface area contributed by atoms with Gasteiger partial charge in [-0.2, -0.15) is 0 Å². The van der Waals surface area contributed by atoms with Crippen LogP contribution in [0.25, 0.3) is 11.0 Å². The Bertz CT molecular complexity index is 772. The van der Waals surface area contributed by atoms with Crippen LogP contribution in [0.1, 0.15) is 33.3 Å². The quantitative estimate of drug-likeness (QED) is 0.864. The van der Waals surface area contributed by atoms with E-state index in [4.69, 9.17) is 13.9 Å². The van der Waals surface area contributed by atoms with Crippen molar-refractivity contribution >= 4 is 11.0 Å². The van der Waals surface area contributed by atoms with Gasteiger partial charge in [0, 0.05) is 23.4 Å². The number of phenols is 1. The van der Waals surface area contributed by atoms with E-state index in [2.05, 4.69) is 0 Å². The molecule has 1 aromatic carbocycles. The van der Waals surface area contributed by atoms with Crippen molar-refractivity contribution in [1.82, 2.24) is 0 Å². The maximum absolute atomic E-state index is 12.2. The van der Waals surface area contributed by atoms with Gasteiger partial charge in [0.15, 0.2) is 5.79 Å². The van der Waals surface area contributed by atoms with E-state index in [0.29, 0.717) is 17.6 Å². The Morgan fingerprint density at radius 3 is 2.55 bits per heavy atom. The number of aromatic hydroxyl groups is 1. The topological polar surface area (TPSA) is 68.9 Å². The van der Waals surface area contributed by atoms with E-state index in [1.54, 1.807) is 18.2 Å². The summed E-state index contributed by atoms with van der Waals surface area (Å²) < 4.78 is 17.1. The summed E-state index contributed by atoms with van der Waals surface area (Å²) in [4.78, 5) is 12.2. The minimum Gasteiger partial charge on any atom is -0.508 e. The van der Waals surface area contributed by atoms with Crippen LogP contribution >= 0.6 is 0 Å². The van der Waals surface area contributed by atoms with Gasteiger partial charge in [-0.05, 0) is 45.9 Å². The molecule has 1 N–H and O–H groups in total. The Labute approximate surface area is 128 Å². The summed E-state index contributed by atoms with van der Waals surface area (Å²) >= 11 is 0. The Balaban J connectivity index is 1.96. The SMILES string of the molecule is CC1(C)OC(Cc2cc3ccc(O)cc3oc2=O)C(C)(C)O1. The van der Waals surface area contributed by atoms with Gasteiger partial charge in [-0.15, -0.1) is 0 Å². The number of fused-ring (bicyclic) bond motifs is 1. The summed E-state index contributed by atoms with van der Waals surface area (Å²) in [5.41, 5.74) is 0.0107. The molecule has 1 aromatic heterocycles. The lowest BCUT2D eigenvalue weighted by Gasteiger charge is -2.23. The van der Waals surface area contributed by atoms with E-state index in [1.165, 1.54) is 6.07 Å². The summed E-state index contributed by atoms with van der Waals surface area (Å²) in [6.07, 6.45) is 0.176. The molecule has 5 heteroatoms. The van der Waals surface area contributed by atoms with Crippen LogP contribution in [0.2, 0.25) is 0 Å². The molecule has 3 rings (SSSR count). The van der Waals surface area contributed by atoms with Crippen molar-refractivity contribution in [2.75, 3.05) is 0 Å². The number of ether oxygens (including phenoxy) is 2. The molecule has 118 valence electrons. The zero-order chi connectivity index (χ0) is 16.1. The minimum absolute atomic E-state index is 0.0683. The van der Waals surface area contributed by atoms with Crippen molar-refractivity contribution in [3.05, 3.63) is 40.2 Å². The van der Waals surface area contributed by atoms with Crippen molar-refractivity contribution in [3.63, 3.8) is 0 Å². The van der Waals surface area contributed by atoms with Crippen LogP contribution in [0.3, 0.4) is 0 Å². The second-order valence-electron chi connectivity index (χ2n) is 6.70. The molecule has 1 aliphatic heterocycles. The first-order valence-electron chi connectivity index (χ1n) is 7.30. The highest BCUT2D eigenvalue weighted by atomic mass is 16.8. The summed E-state index contributed by atoms with van der Waals surface area (Å²) in [6.45, 7) is 7.63. The highest BCUT2D eigenvalue weighted by Crippen LogP contribution is 2.37. The fourth-order valence-electron chi connectivity index (χ4n) is 2.98. The third-order valence-electron chi connectivity index (χ3n) is 3.91. The maximum Gasteiger partial charge on any atom is 0.339 e. The first-order valence-corrected chi connectivity index (χ1v) is 7.30. The standard InChI is InChI=1S/C17H20O5/c1-16(2)14(21-17(3,4)22-16)8-11-7-10-5-6-12(18)9-13(10)20-15(11)19/h5-7,9,14,18H,8H2,1-4H3. The number of benzene rings is 1. The monoisotopic (exact) mass is 304 g/mol. The molecule has 1 unspecified atom stereocenters. The third-order valence-corrected chi connectivity index (χ3v) is 3.91. The predicted octanol–water partition coefficient (Wildman–Crippen LogP) is 2.97. The van der Waals surface area contributed by atoms with Crippen molar-refractivity contribution in [2.24, 2.45) is 0 Å². The molecule has 0 radical (unpaired) electrons. The molecule has 1 saturated heterocycles. The molecular weight excluding hydrogens is 284 g/mol. The number of hydrogen-bond donors (Lipinski definition) is 1. The van der Waals surface area contributed by atoms with Crippen LogP contribution in [0.4, 0.5) is 0 Å². The average Bonchev–Trinajstić information content (AvgIpc) is 2.58. The van der Waals surface area contributed by atoms with Crippen molar-refractivity contribution in [2.45, 2.75) is 51.6 Å². The first kappa shape index (κ1) is 15.1.